The lowest BCUT2D eigenvalue weighted by Crippen LogP contribution is -2.04. The molecule has 0 amide bonds. The van der Waals surface area contributed by atoms with Crippen LogP contribution in [0.25, 0.3) is 0 Å². The molecule has 1 rings (SSSR count). The second-order valence-corrected chi connectivity index (χ2v) is 3.95. The maximum atomic E-state index is 4.17. The van der Waals surface area contributed by atoms with Gasteiger partial charge in [-0.3, -0.25) is 4.68 Å². The van der Waals surface area contributed by atoms with Crippen molar-refractivity contribution in [3.8, 4) is 0 Å². The second kappa shape index (κ2) is 4.40. The summed E-state index contributed by atoms with van der Waals surface area (Å²) in [5.41, 5.74) is 2.48. The van der Waals surface area contributed by atoms with Gasteiger partial charge in [0, 0.05) is 7.05 Å². The first-order valence-electron chi connectivity index (χ1n) is 5.02. The summed E-state index contributed by atoms with van der Waals surface area (Å²) in [6.07, 6.45) is 3.28. The molecule has 13 heavy (non-hydrogen) atoms. The summed E-state index contributed by atoms with van der Waals surface area (Å²) < 4.78 is 1.91. The van der Waals surface area contributed by atoms with Gasteiger partial charge in [-0.1, -0.05) is 32.4 Å². The van der Waals surface area contributed by atoms with E-state index in [1.807, 2.05) is 11.7 Å². The first-order chi connectivity index (χ1) is 6.15. The van der Waals surface area contributed by atoms with Gasteiger partial charge in [0.1, 0.15) is 0 Å². The van der Waals surface area contributed by atoms with E-state index in [2.05, 4.69) is 31.1 Å². The van der Waals surface area contributed by atoms with E-state index in [1.54, 1.807) is 0 Å². The number of hydrogen-bond donors (Lipinski definition) is 0. The summed E-state index contributed by atoms with van der Waals surface area (Å²) in [4.78, 5) is 0. The van der Waals surface area contributed by atoms with Crippen molar-refractivity contribution in [2.24, 2.45) is 13.0 Å². The minimum Gasteiger partial charge on any atom is -0.252 e. The third-order valence-electron chi connectivity index (χ3n) is 2.11. The molecule has 0 aliphatic rings. The van der Waals surface area contributed by atoms with Gasteiger partial charge in [-0.25, -0.2) is 0 Å². The Kier molecular flexibility index (Phi) is 3.46. The van der Waals surface area contributed by atoms with E-state index >= 15 is 0 Å². The number of rotatable bonds is 4. The van der Waals surface area contributed by atoms with Crippen molar-refractivity contribution >= 4 is 0 Å². The third kappa shape index (κ3) is 2.54. The van der Waals surface area contributed by atoms with Crippen molar-refractivity contribution in [1.82, 2.24) is 15.0 Å². The highest BCUT2D eigenvalue weighted by Gasteiger charge is 2.10. The molecule has 0 aliphatic heterocycles. The zero-order valence-electron chi connectivity index (χ0n) is 9.04. The van der Waals surface area contributed by atoms with Gasteiger partial charge in [0.25, 0.3) is 0 Å². The van der Waals surface area contributed by atoms with Crippen LogP contribution in [0.5, 0.6) is 0 Å². The molecule has 0 spiro atoms. The fraction of sp³-hybridized carbons (Fsp3) is 0.800. The predicted octanol–water partition coefficient (Wildman–Crippen LogP) is 1.97. The summed E-state index contributed by atoms with van der Waals surface area (Å²) in [6, 6.07) is 0. The molecule has 1 aromatic heterocycles. The Labute approximate surface area is 80.1 Å². The number of nitrogens with zero attached hydrogens (tertiary/aromatic N) is 3. The Morgan fingerprint density at radius 2 is 2.08 bits per heavy atom. The lowest BCUT2D eigenvalue weighted by atomic mass is 10.0. The van der Waals surface area contributed by atoms with Gasteiger partial charge in [-0.15, -0.1) is 5.10 Å². The van der Waals surface area contributed by atoms with Crippen LogP contribution < -0.4 is 0 Å². The lowest BCUT2D eigenvalue weighted by molar-refractivity contribution is 0.588. The van der Waals surface area contributed by atoms with Crippen LogP contribution in [0.15, 0.2) is 0 Å². The Balaban J connectivity index is 2.81. The molecular weight excluding hydrogens is 162 g/mol. The van der Waals surface area contributed by atoms with Crippen LogP contribution in [0, 0.1) is 5.92 Å². The highest BCUT2D eigenvalue weighted by Crippen LogP contribution is 2.12. The van der Waals surface area contributed by atoms with E-state index < -0.39 is 0 Å². The first kappa shape index (κ1) is 10.2. The van der Waals surface area contributed by atoms with Crippen LogP contribution in [-0.4, -0.2) is 15.0 Å². The van der Waals surface area contributed by atoms with Gasteiger partial charge in [0.2, 0.25) is 0 Å². The molecule has 74 valence electrons. The van der Waals surface area contributed by atoms with E-state index in [0.29, 0.717) is 5.92 Å². The summed E-state index contributed by atoms with van der Waals surface area (Å²) in [7, 11) is 1.98. The van der Waals surface area contributed by atoms with E-state index in [4.69, 9.17) is 0 Å². The smallest absolute Gasteiger partial charge is 0.0859 e. The summed E-state index contributed by atoms with van der Waals surface area (Å²) >= 11 is 0. The summed E-state index contributed by atoms with van der Waals surface area (Å²) in [6.45, 7) is 6.62. The standard InChI is InChI=1S/C10H19N3/c1-5-6-9-10(7-8(2)3)13(4)12-11-9/h8H,5-7H2,1-4H3. The molecule has 0 bridgehead atoms. The van der Waals surface area contributed by atoms with Gasteiger partial charge in [0.05, 0.1) is 11.4 Å². The van der Waals surface area contributed by atoms with Crippen LogP contribution in [0.4, 0.5) is 0 Å². The molecular formula is C10H19N3. The molecule has 0 N–H and O–H groups in total. The minimum absolute atomic E-state index is 0.674. The van der Waals surface area contributed by atoms with Crippen molar-refractivity contribution in [3.05, 3.63) is 11.4 Å². The highest BCUT2D eigenvalue weighted by atomic mass is 15.4. The predicted molar refractivity (Wildman–Crippen MR) is 53.5 cm³/mol. The highest BCUT2D eigenvalue weighted by molar-refractivity contribution is 5.10. The monoisotopic (exact) mass is 181 g/mol. The Morgan fingerprint density at radius 1 is 1.38 bits per heavy atom. The zero-order chi connectivity index (χ0) is 9.84. The van der Waals surface area contributed by atoms with Gasteiger partial charge >= 0.3 is 0 Å². The quantitative estimate of drug-likeness (QED) is 0.711. The van der Waals surface area contributed by atoms with Gasteiger partial charge in [0.15, 0.2) is 0 Å². The Bertz CT molecular complexity index is 263. The molecule has 0 fully saturated rings. The fourth-order valence-corrected chi connectivity index (χ4v) is 1.49. The van der Waals surface area contributed by atoms with Crippen molar-refractivity contribution in [2.45, 2.75) is 40.0 Å². The summed E-state index contributed by atoms with van der Waals surface area (Å²) in [5.74, 6) is 0.674. The average Bonchev–Trinajstić information content (AvgIpc) is 2.36. The van der Waals surface area contributed by atoms with E-state index in [0.717, 1.165) is 19.3 Å². The second-order valence-electron chi connectivity index (χ2n) is 3.95. The van der Waals surface area contributed by atoms with Crippen LogP contribution in [-0.2, 0) is 19.9 Å². The first-order valence-corrected chi connectivity index (χ1v) is 5.02. The van der Waals surface area contributed by atoms with Crippen LogP contribution in [0.1, 0.15) is 38.6 Å². The molecule has 3 nitrogen and oxygen atoms in total. The van der Waals surface area contributed by atoms with E-state index in [-0.39, 0.29) is 0 Å². The van der Waals surface area contributed by atoms with E-state index in [1.165, 1.54) is 11.4 Å². The molecule has 0 atom stereocenters. The molecule has 3 heteroatoms. The van der Waals surface area contributed by atoms with Crippen molar-refractivity contribution in [1.29, 1.82) is 0 Å². The van der Waals surface area contributed by atoms with Gasteiger partial charge in [-0.05, 0) is 18.8 Å². The Hall–Kier alpha value is -0.860. The lowest BCUT2D eigenvalue weighted by Gasteiger charge is -2.06. The van der Waals surface area contributed by atoms with Crippen molar-refractivity contribution in [3.63, 3.8) is 0 Å². The zero-order valence-corrected chi connectivity index (χ0v) is 9.04. The maximum Gasteiger partial charge on any atom is 0.0859 e. The Morgan fingerprint density at radius 3 is 2.62 bits per heavy atom. The summed E-state index contributed by atoms with van der Waals surface area (Å²) in [5, 5.41) is 8.23. The van der Waals surface area contributed by atoms with Gasteiger partial charge in [-0.2, -0.15) is 0 Å². The number of hydrogen-bond acceptors (Lipinski definition) is 2. The fourth-order valence-electron chi connectivity index (χ4n) is 1.49. The van der Waals surface area contributed by atoms with Gasteiger partial charge < -0.3 is 0 Å². The number of aromatic nitrogens is 3. The minimum atomic E-state index is 0.674. The molecule has 1 aromatic rings. The van der Waals surface area contributed by atoms with E-state index in [9.17, 15) is 0 Å². The molecule has 0 saturated carbocycles. The molecule has 1 heterocycles. The molecule has 0 aliphatic carbocycles. The van der Waals surface area contributed by atoms with Crippen LogP contribution in [0.2, 0.25) is 0 Å². The van der Waals surface area contributed by atoms with Crippen molar-refractivity contribution in [2.75, 3.05) is 0 Å². The topological polar surface area (TPSA) is 30.7 Å². The molecule has 0 saturated heterocycles. The van der Waals surface area contributed by atoms with Crippen LogP contribution >= 0.6 is 0 Å². The number of aryl methyl sites for hydroxylation is 2. The largest absolute Gasteiger partial charge is 0.252 e. The average molecular weight is 181 g/mol. The normalized spacial score (nSPS) is 11.2. The molecule has 0 radical (unpaired) electrons. The SMILES string of the molecule is CCCc1nnn(C)c1CC(C)C. The third-order valence-corrected chi connectivity index (χ3v) is 2.11. The molecule has 0 unspecified atom stereocenters. The van der Waals surface area contributed by atoms with Crippen molar-refractivity contribution < 1.29 is 0 Å². The molecule has 0 aromatic carbocycles. The maximum absolute atomic E-state index is 4.17. The van der Waals surface area contributed by atoms with Crippen LogP contribution in [0.3, 0.4) is 0 Å².